The summed E-state index contributed by atoms with van der Waals surface area (Å²) in [4.78, 5) is 66.0. The molecule has 31 nitrogen and oxygen atoms in total. The van der Waals surface area contributed by atoms with E-state index in [1.165, 1.54) is 6.92 Å². The number of ketones is 1. The van der Waals surface area contributed by atoms with E-state index in [0.29, 0.717) is 50.6 Å². The van der Waals surface area contributed by atoms with Crippen molar-refractivity contribution >= 4 is 110 Å². The summed E-state index contributed by atoms with van der Waals surface area (Å²) in [5, 5.41) is 28.6. The van der Waals surface area contributed by atoms with Crippen LogP contribution >= 0.6 is 67.4 Å². The van der Waals surface area contributed by atoms with Crippen LogP contribution < -0.4 is 28.4 Å². The van der Waals surface area contributed by atoms with Crippen molar-refractivity contribution in [2.45, 2.75) is 192 Å². The van der Waals surface area contributed by atoms with Gasteiger partial charge < -0.3 is 115 Å². The number of ether oxygens (including phenoxy) is 20. The number of nitrogens with zero attached hydrogens (tertiary/aromatic N) is 1. The maximum absolute atomic E-state index is 11.7. The molecule has 0 aromatic heterocycles. The van der Waals surface area contributed by atoms with E-state index in [1.807, 2.05) is 156 Å². The number of Topliss-reactive ketones (excluding diaryl/α,β-unsaturated/α-hetero) is 1. The number of rotatable bonds is 35. The molecule has 38 heteroatoms. The number of esters is 4. The molecule has 0 bridgehead atoms. The van der Waals surface area contributed by atoms with Gasteiger partial charge in [0.1, 0.15) is 77.7 Å². The number of aliphatic hydroxyl groups is 3. The number of benzene rings is 6. The van der Waals surface area contributed by atoms with E-state index in [-0.39, 0.29) is 112 Å². The average molecular weight is 2270 g/mol. The van der Waals surface area contributed by atoms with Gasteiger partial charge >= 0.3 is 71.9 Å². The summed E-state index contributed by atoms with van der Waals surface area (Å²) < 4.78 is 117. The van der Waals surface area contributed by atoms with Gasteiger partial charge in [-0.25, -0.2) is 11.4 Å². The Kier molecular flexibility index (Phi) is 75.7. The predicted octanol–water partition coefficient (Wildman–Crippen LogP) is 19.5. The number of hydrogen-bond donors (Lipinski definition) is 3. The van der Waals surface area contributed by atoms with Crippen LogP contribution in [0.2, 0.25) is 0 Å². The fourth-order valence-electron chi connectivity index (χ4n) is 12.8. The first-order valence-electron chi connectivity index (χ1n) is 46.1. The summed E-state index contributed by atoms with van der Waals surface area (Å²) in [7, 11) is 24.5. The molecule has 2 unspecified atom stereocenters. The molecule has 0 saturated carbocycles. The van der Waals surface area contributed by atoms with Gasteiger partial charge in [-0.05, 0) is 159 Å². The molecule has 6 aliphatic rings. The van der Waals surface area contributed by atoms with Gasteiger partial charge in [-0.15, -0.1) is 0 Å². The third kappa shape index (κ3) is 64.5. The van der Waals surface area contributed by atoms with Crippen molar-refractivity contribution in [3.8, 4) is 34.5 Å². The number of carbonyl (C=O) groups excluding carboxylic acids is 6. The van der Waals surface area contributed by atoms with Crippen LogP contribution in [-0.4, -0.2) is 265 Å². The van der Waals surface area contributed by atoms with Crippen LogP contribution in [0, 0.1) is 6.57 Å². The number of methoxy groups -OCH3 is 6. The Morgan fingerprint density at radius 2 is 0.800 bits per heavy atom. The van der Waals surface area contributed by atoms with Gasteiger partial charge in [0, 0.05) is 133 Å². The Hall–Kier alpha value is -7.20. The van der Waals surface area contributed by atoms with Crippen molar-refractivity contribution in [2.24, 2.45) is 0 Å². The van der Waals surface area contributed by atoms with Crippen LogP contribution in [0.25, 0.3) is 4.85 Å². The molecular formula is C102H149BrCl3FeINO30S. The van der Waals surface area contributed by atoms with E-state index in [1.54, 1.807) is 93.5 Å². The molecule has 0 radical (unpaired) electrons. The number of halogens is 5. The molecule has 5 atom stereocenters. The summed E-state index contributed by atoms with van der Waals surface area (Å²) in [6, 6.07) is 46.0. The molecule has 0 spiro atoms. The van der Waals surface area contributed by atoms with Crippen molar-refractivity contribution in [1.82, 2.24) is 0 Å². The Balaban J connectivity index is 0.000000785. The van der Waals surface area contributed by atoms with Crippen molar-refractivity contribution in [1.29, 1.82) is 0 Å². The third-order valence-electron chi connectivity index (χ3n) is 19.5. The Bertz CT molecular complexity index is 4220. The second-order valence-corrected chi connectivity index (χ2v) is 51.2. The fourth-order valence-corrected chi connectivity index (χ4v) is 13.3. The number of para-hydroxylation sites is 6. The first-order valence-corrected chi connectivity index (χ1v) is 57.5. The van der Waals surface area contributed by atoms with Crippen LogP contribution in [0.4, 0.5) is 0 Å². The SMILES string of the molecule is C=COC(=O)CCC.CCCC(=O)OC[C@H](OC1CCOCC1)c1ccccc1OC.CCOC(=O)CC(C)=O.COc1ccccc1C(CO)OC1CCOCC1.COc1ccccc1C1CO1.COc1ccccc1C=O.COc1ccccc1[C@H](CBr)OC1CCOCC1.COc1ccccc1[C@H](CO)OC1CCOCC1.CS(C)(C)(=O)I.OC1CCOCC1.[C-]#[N+]CC(=O)OCC.[Cl][Fe]([Cl])[Cl]. The molecule has 6 heterocycles. The van der Waals surface area contributed by atoms with E-state index in [9.17, 15) is 43.2 Å². The van der Waals surface area contributed by atoms with Gasteiger partial charge in [0.25, 0.3) is 0 Å². The number of aliphatic hydroxyl groups excluding tert-OH is 3. The number of hydrogen-bond acceptors (Lipinski definition) is 30. The van der Waals surface area contributed by atoms with Crippen LogP contribution in [0.15, 0.2) is 158 Å². The number of carbonyl (C=O) groups is 6. The Morgan fingerprint density at radius 1 is 0.493 bits per heavy atom. The van der Waals surface area contributed by atoms with E-state index in [0.717, 1.165) is 211 Å². The van der Waals surface area contributed by atoms with Crippen LogP contribution in [0.1, 0.15) is 200 Å². The monoisotopic (exact) mass is 2270 g/mol. The molecule has 6 aromatic rings. The minimum atomic E-state index is -2.13. The topological polar surface area (TPSA) is 372 Å². The fraction of sp³-hybridized carbons (Fsp3) is 0.559. The summed E-state index contributed by atoms with van der Waals surface area (Å²) >= 11 is 4.16. The van der Waals surface area contributed by atoms with Gasteiger partial charge in [0.2, 0.25) is 0 Å². The third-order valence-corrected chi connectivity index (χ3v) is 20.1. The summed E-state index contributed by atoms with van der Waals surface area (Å²) in [6.45, 7) is 27.0. The standard InChI is InChI=1S/C18H26O5.C14H19BrO3.2C14H20O4.C9H10O2.C8H8O2.C6H10O3.C6H10O2.C5H7NO2.C5H10O2.C3H9IOS.3ClH.Fe/c1-3-6-18(19)22-13-17(23-14-9-11-21-12-10-14)15-7-4-5-8-16(15)20-2;3*1-16-13-5-3-2-4-12(13)14(10-15)18-11-6-8-17-9-7-11;1-10-8-5-3-2-4-7(8)9-6-11-9;1-10-8-5-3-2-4-7(8)6-9;1-3-9-6(8)4-5(2)7;1-3-5-6(7)8-4-2;1-3-8-5(7)4-6-2;6-5-1-3-7-4-2-5;1-6(2,3,4)5;;;;/h4-5,7-8,14,17H,3,6,9-13H2,1-2H3;2-5,11,14H,6-10H2,1H3;2*2-5,11,14-15H,6-10H2,1H3;2-5,9H,6H2,1H3;2-6H,1H3;3-4H2,1-2H3;4H,2-3,5H2,1H3;3-4H2,1H3;5-6H,1-4H2;1-3H3;3*1H;/q;;;;;;;;;;;;;;+3/p-3/t17-;2*14-;;;;;;;;;;;;/m000............/s1. The predicted molar refractivity (Wildman–Crippen MR) is 551 cm³/mol. The second-order valence-electron chi connectivity index (χ2n) is 31.5. The number of aldehydes is 1. The van der Waals surface area contributed by atoms with Gasteiger partial charge in [0.05, 0.1) is 124 Å². The zero-order valence-corrected chi connectivity index (χ0v) is 91.2. The molecule has 0 aliphatic carbocycles. The molecule has 6 aromatic carbocycles. The molecule has 3 N–H and O–H groups in total. The molecule has 6 saturated heterocycles. The molecule has 6 fully saturated rings. The maximum atomic E-state index is 11.7. The summed E-state index contributed by atoms with van der Waals surface area (Å²) in [5.74, 6) is 3.25. The number of epoxide rings is 1. The van der Waals surface area contributed by atoms with E-state index < -0.39 is 29.3 Å². The first-order chi connectivity index (χ1) is 67.2. The van der Waals surface area contributed by atoms with E-state index in [2.05, 4.69) is 47.6 Å². The summed E-state index contributed by atoms with van der Waals surface area (Å²) in [6.07, 6.45) is 16.2. The summed E-state index contributed by atoms with van der Waals surface area (Å²) in [5.41, 5.74) is 5.55. The van der Waals surface area contributed by atoms with Crippen LogP contribution in [-0.2, 0) is 108 Å². The minimum absolute atomic E-state index is 0.0317. The number of alkyl halides is 1. The normalized spacial score (nSPS) is 16.1. The Morgan fingerprint density at radius 3 is 1.10 bits per heavy atom. The Labute approximate surface area is 865 Å². The van der Waals surface area contributed by atoms with Crippen molar-refractivity contribution in [2.75, 3.05) is 179 Å². The van der Waals surface area contributed by atoms with Gasteiger partial charge in [-0.3, -0.25) is 28.2 Å². The van der Waals surface area contributed by atoms with Gasteiger partial charge in [-0.1, -0.05) is 146 Å². The molecule has 140 heavy (non-hydrogen) atoms. The molecule has 791 valence electrons. The van der Waals surface area contributed by atoms with Crippen molar-refractivity contribution < 1.29 is 154 Å². The van der Waals surface area contributed by atoms with Crippen molar-refractivity contribution in [3.05, 3.63) is 203 Å². The van der Waals surface area contributed by atoms with Crippen LogP contribution in [0.3, 0.4) is 0 Å². The quantitative estimate of drug-likeness (QED) is 0.00284. The molecular weight excluding hydrogens is 2120 g/mol. The van der Waals surface area contributed by atoms with E-state index in [4.69, 9.17) is 122 Å². The zero-order valence-electron chi connectivity index (χ0n) is 83.3. The van der Waals surface area contributed by atoms with Crippen LogP contribution in [0.5, 0.6) is 34.5 Å². The first kappa shape index (κ1) is 131. The molecule has 6 aliphatic heterocycles. The molecule has 12 rings (SSSR count). The zero-order chi connectivity index (χ0) is 104. The second kappa shape index (κ2) is 81.0. The van der Waals surface area contributed by atoms with Gasteiger partial charge in [0.15, 0.2) is 6.29 Å². The van der Waals surface area contributed by atoms with Gasteiger partial charge in [-0.2, -0.15) is 0 Å². The van der Waals surface area contributed by atoms with E-state index >= 15 is 0 Å². The van der Waals surface area contributed by atoms with Crippen molar-refractivity contribution in [3.63, 3.8) is 0 Å². The average Bonchev–Trinajstić information content (AvgIpc) is 1.70. The molecule has 0 amide bonds.